The first kappa shape index (κ1) is 50.5. The van der Waals surface area contributed by atoms with Crippen LogP contribution in [-0.4, -0.2) is 48.9 Å². The number of halogens is 3. The van der Waals surface area contributed by atoms with E-state index in [9.17, 15) is 0 Å². The molecule has 0 aromatic heterocycles. The van der Waals surface area contributed by atoms with Gasteiger partial charge in [-0.05, 0) is 0 Å². The predicted molar refractivity (Wildman–Crippen MR) is 38.1 cm³/mol. The molecular weight excluding hydrogens is 346 g/mol. The molecule has 0 aliphatic rings. The van der Waals surface area contributed by atoms with Gasteiger partial charge in [-0.15, -0.1) is 46.4 Å². The molecule has 0 atom stereocenters. The van der Waals surface area contributed by atoms with E-state index >= 15 is 0 Å². The van der Waals surface area contributed by atoms with E-state index in [4.69, 9.17) is 0 Å². The van der Waals surface area contributed by atoms with Crippen molar-refractivity contribution in [2.24, 2.45) is 0 Å². The van der Waals surface area contributed by atoms with Gasteiger partial charge in [-0.1, -0.05) is 0 Å². The maximum absolute atomic E-state index is 0. The van der Waals surface area contributed by atoms with Crippen LogP contribution in [-0.2, 0) is 0 Å². The minimum atomic E-state index is 0. The van der Waals surface area contributed by atoms with E-state index in [0.29, 0.717) is 0 Å². The van der Waals surface area contributed by atoms with Crippen LogP contribution in [0.25, 0.3) is 0 Å². The Morgan fingerprint density at radius 1 is 0.833 bits per heavy atom. The molecule has 0 amide bonds. The predicted octanol–water partition coefficient (Wildman–Crippen LogP) is -4.35. The van der Waals surface area contributed by atoms with Gasteiger partial charge in [0.05, 0.1) is 0 Å². The SMILES string of the molecule is Br.Br.Cl.[Ba+2].[H-].[H-].[H-].[H-].[Li+].[Li+]. The Kier molecular flexibility index (Phi) is 302. The summed E-state index contributed by atoms with van der Waals surface area (Å²) >= 11 is 0. The van der Waals surface area contributed by atoms with Gasteiger partial charge >= 0.3 is 86.6 Å². The molecular formula is H7BaBr2ClLi2. The van der Waals surface area contributed by atoms with Gasteiger partial charge in [0, 0.05) is 0 Å². The molecule has 0 saturated carbocycles. The minimum absolute atomic E-state index is 0. The summed E-state index contributed by atoms with van der Waals surface area (Å²) in [5.74, 6) is 0. The molecule has 32 valence electrons. The second-order valence-electron chi connectivity index (χ2n) is 0. The fourth-order valence-corrected chi connectivity index (χ4v) is 0. The van der Waals surface area contributed by atoms with Gasteiger partial charge < -0.3 is 5.71 Å². The fraction of sp³-hybridized carbons (Fsp3) is 0. The van der Waals surface area contributed by atoms with Crippen molar-refractivity contribution in [1.29, 1.82) is 0 Å². The van der Waals surface area contributed by atoms with Gasteiger partial charge in [0.2, 0.25) is 0 Å². The van der Waals surface area contributed by atoms with E-state index in [1.165, 1.54) is 0 Å². The first-order valence-electron chi connectivity index (χ1n) is 0. The van der Waals surface area contributed by atoms with Crippen LogP contribution in [0.4, 0.5) is 0 Å². The van der Waals surface area contributed by atoms with Gasteiger partial charge in [-0.3, -0.25) is 0 Å². The van der Waals surface area contributed by atoms with E-state index in [2.05, 4.69) is 0 Å². The molecule has 0 rings (SSSR count). The summed E-state index contributed by atoms with van der Waals surface area (Å²) in [5, 5.41) is 0. The van der Waals surface area contributed by atoms with E-state index < -0.39 is 0 Å². The van der Waals surface area contributed by atoms with Crippen LogP contribution in [0.5, 0.6) is 0 Å². The summed E-state index contributed by atoms with van der Waals surface area (Å²) < 4.78 is 0. The third-order valence-corrected chi connectivity index (χ3v) is 0. The maximum Gasteiger partial charge on any atom is 2.00 e. The van der Waals surface area contributed by atoms with Crippen molar-refractivity contribution in [3.05, 3.63) is 0 Å². The third kappa shape index (κ3) is 24.5. The van der Waals surface area contributed by atoms with Crippen molar-refractivity contribution in [2.45, 2.75) is 0 Å². The van der Waals surface area contributed by atoms with Gasteiger partial charge in [0.15, 0.2) is 0 Å². The average Bonchev–Trinajstić information content (AvgIpc) is 0. The Balaban J connectivity index is 0. The molecule has 0 saturated heterocycles. The van der Waals surface area contributed by atoms with Crippen LogP contribution in [0, 0.1) is 0 Å². The average molecular weight is 354 g/mol. The molecule has 0 N–H and O–H groups in total. The van der Waals surface area contributed by atoms with E-state index in [1.54, 1.807) is 0 Å². The molecule has 6 heteroatoms. The first-order valence-corrected chi connectivity index (χ1v) is 0. The molecule has 6 heavy (non-hydrogen) atoms. The van der Waals surface area contributed by atoms with Crippen LogP contribution < -0.4 is 37.7 Å². The normalized spacial score (nSPS) is 0. The second kappa shape index (κ2) is 35.9. The topological polar surface area (TPSA) is 0 Å². The summed E-state index contributed by atoms with van der Waals surface area (Å²) in [4.78, 5) is 0. The first-order chi connectivity index (χ1) is 0. The standard InChI is InChI=1S/Ba.2BrH.ClH.2Li.4H/h;3*1H;;;;;;/q+2;;;;2*+1;4*-1. The monoisotopic (exact) mass is 352 g/mol. The maximum atomic E-state index is 0. The smallest absolute Gasteiger partial charge is 1.00 e. The molecule has 0 fully saturated rings. The summed E-state index contributed by atoms with van der Waals surface area (Å²) in [7, 11) is 0. The Morgan fingerprint density at radius 3 is 0.833 bits per heavy atom. The van der Waals surface area contributed by atoms with Crippen molar-refractivity contribution in [1.82, 2.24) is 0 Å². The van der Waals surface area contributed by atoms with E-state index in [0.717, 1.165) is 0 Å². The third-order valence-electron chi connectivity index (χ3n) is 0. The Bertz CT molecular complexity index is 21.2. The number of hydrogen-bond donors (Lipinski definition) is 0. The molecule has 0 spiro atoms. The van der Waals surface area contributed by atoms with Crippen molar-refractivity contribution in [3.8, 4) is 0 Å². The Hall–Kier alpha value is 4.02. The summed E-state index contributed by atoms with van der Waals surface area (Å²) in [5.41, 5.74) is 0. The second-order valence-corrected chi connectivity index (χ2v) is 0. The summed E-state index contributed by atoms with van der Waals surface area (Å²) in [6.45, 7) is 0. The molecule has 0 unspecified atom stereocenters. The van der Waals surface area contributed by atoms with Crippen LogP contribution in [0.2, 0.25) is 0 Å². The molecule has 0 aromatic rings. The van der Waals surface area contributed by atoms with Gasteiger partial charge in [-0.2, -0.15) is 0 Å². The quantitative estimate of drug-likeness (QED) is 0.386. The fourth-order valence-electron chi connectivity index (χ4n) is 0. The Labute approximate surface area is 136 Å². The summed E-state index contributed by atoms with van der Waals surface area (Å²) in [6.07, 6.45) is 0. The van der Waals surface area contributed by atoms with E-state index in [-0.39, 0.29) is 139 Å². The molecule has 0 bridgehead atoms. The molecule has 0 aliphatic heterocycles. The van der Waals surface area contributed by atoms with Crippen LogP contribution >= 0.6 is 46.4 Å². The summed E-state index contributed by atoms with van der Waals surface area (Å²) in [6, 6.07) is 0. The van der Waals surface area contributed by atoms with Crippen LogP contribution in [0.3, 0.4) is 0 Å². The largest absolute Gasteiger partial charge is 2.00 e. The van der Waals surface area contributed by atoms with Crippen molar-refractivity contribution in [3.63, 3.8) is 0 Å². The molecule has 0 aliphatic carbocycles. The van der Waals surface area contributed by atoms with Crippen LogP contribution in [0.15, 0.2) is 0 Å². The van der Waals surface area contributed by atoms with Crippen molar-refractivity contribution < 1.29 is 43.4 Å². The molecule has 0 radical (unpaired) electrons. The number of hydrogen-bond acceptors (Lipinski definition) is 0. The van der Waals surface area contributed by atoms with E-state index in [1.807, 2.05) is 0 Å². The van der Waals surface area contributed by atoms with Crippen molar-refractivity contribution in [2.75, 3.05) is 0 Å². The van der Waals surface area contributed by atoms with Crippen LogP contribution in [0.1, 0.15) is 5.71 Å². The molecule has 0 aromatic carbocycles. The van der Waals surface area contributed by atoms with Gasteiger partial charge in [0.25, 0.3) is 0 Å². The van der Waals surface area contributed by atoms with Gasteiger partial charge in [-0.25, -0.2) is 0 Å². The zero-order valence-corrected chi connectivity index (χ0v) is 12.6. The Morgan fingerprint density at radius 2 is 0.833 bits per heavy atom. The molecule has 0 heterocycles. The van der Waals surface area contributed by atoms with Gasteiger partial charge in [0.1, 0.15) is 0 Å². The zero-order valence-electron chi connectivity index (χ0n) is 7.93. The molecule has 0 nitrogen and oxygen atoms in total. The number of rotatable bonds is 0. The zero-order chi connectivity index (χ0) is 0. The minimum Gasteiger partial charge on any atom is -1.00 e. The van der Waals surface area contributed by atoms with Crippen molar-refractivity contribution >= 4 is 95.3 Å².